The Morgan fingerprint density at radius 3 is 2.70 bits per heavy atom. The van der Waals surface area contributed by atoms with Crippen LogP contribution in [0.2, 0.25) is 0 Å². The highest BCUT2D eigenvalue weighted by atomic mass is 16.5. The van der Waals surface area contributed by atoms with Crippen LogP contribution in [0.4, 0.5) is 11.4 Å². The number of aromatic nitrogens is 3. The molecule has 1 atom stereocenters. The molecule has 0 radical (unpaired) electrons. The number of nitriles is 1. The van der Waals surface area contributed by atoms with Crippen LogP contribution < -0.4 is 14.5 Å². The van der Waals surface area contributed by atoms with Gasteiger partial charge in [0, 0.05) is 76.1 Å². The zero-order valence-electron chi connectivity index (χ0n) is 25.6. The van der Waals surface area contributed by atoms with Crippen molar-refractivity contribution in [2.24, 2.45) is 0 Å². The molecule has 5 heterocycles. The Kier molecular flexibility index (Phi) is 8.13. The minimum absolute atomic E-state index is 0.00903. The molecule has 0 spiro atoms. The normalized spacial score (nSPS) is 19.2. The van der Waals surface area contributed by atoms with E-state index in [9.17, 15) is 10.1 Å². The van der Waals surface area contributed by atoms with E-state index in [2.05, 4.69) is 57.1 Å². The smallest absolute Gasteiger partial charge is 0.248 e. The van der Waals surface area contributed by atoms with Gasteiger partial charge >= 0.3 is 0 Å². The highest BCUT2D eigenvalue weighted by molar-refractivity contribution is 5.93. The zero-order chi connectivity index (χ0) is 30.1. The lowest BCUT2D eigenvalue weighted by Gasteiger charge is -2.39. The molecule has 2 saturated heterocycles. The summed E-state index contributed by atoms with van der Waals surface area (Å²) in [7, 11) is 5.93. The van der Waals surface area contributed by atoms with E-state index in [0.29, 0.717) is 56.8 Å². The quantitative estimate of drug-likeness (QED) is 0.420. The second-order valence-corrected chi connectivity index (χ2v) is 12.1. The predicted molar refractivity (Wildman–Crippen MR) is 167 cm³/mol. The molecule has 2 aromatic heterocycles. The number of hydrogen-bond acceptors (Lipinski definition) is 9. The van der Waals surface area contributed by atoms with Gasteiger partial charge in [-0.1, -0.05) is 6.07 Å². The molecule has 1 N–H and O–H groups in total. The second kappa shape index (κ2) is 12.1. The Balaban J connectivity index is 1.33. The van der Waals surface area contributed by atoms with Crippen LogP contribution in [0.25, 0.3) is 10.9 Å². The summed E-state index contributed by atoms with van der Waals surface area (Å²) in [5, 5.41) is 19.0. The number of anilines is 2. The highest BCUT2D eigenvalue weighted by Crippen LogP contribution is 2.39. The van der Waals surface area contributed by atoms with Gasteiger partial charge in [0.15, 0.2) is 0 Å². The number of H-pyrrole nitrogens is 1. The molecule has 0 aliphatic carbocycles. The third kappa shape index (κ3) is 5.71. The Hall–Kier alpha value is -4.30. The van der Waals surface area contributed by atoms with Crippen LogP contribution >= 0.6 is 0 Å². The topological polar surface area (TPSA) is 108 Å². The number of carbonyl (C=O) groups excluding carboxylic acids is 1. The zero-order valence-corrected chi connectivity index (χ0v) is 25.6. The number of fused-ring (bicyclic) bond motifs is 2. The van der Waals surface area contributed by atoms with Gasteiger partial charge in [-0.2, -0.15) is 10.4 Å². The fraction of sp³-hybridized carbons (Fsp3) is 0.500. The highest BCUT2D eigenvalue weighted by Gasteiger charge is 2.32. The molecule has 0 bridgehead atoms. The van der Waals surface area contributed by atoms with Crippen molar-refractivity contribution in [1.29, 1.82) is 5.26 Å². The van der Waals surface area contributed by atoms with Gasteiger partial charge in [0.05, 0.1) is 35.3 Å². The molecule has 43 heavy (non-hydrogen) atoms. The van der Waals surface area contributed by atoms with Crippen molar-refractivity contribution in [2.75, 3.05) is 76.8 Å². The molecular weight excluding hydrogens is 542 g/mol. The summed E-state index contributed by atoms with van der Waals surface area (Å²) in [6, 6.07) is 6.99. The average molecular weight is 584 g/mol. The standard InChI is InChI=1S/C32H41N9O2/c1-22-7-8-27-26(19-34-36-27)30(22)41-13-9-24-28(20-41)35-32(43-21-23-6-5-11-38(23)4)25(18-33)31(24)40-16-14-39(15-17-40)29(42)10-12-37(2)3/h7-8,10,12,19,23H,5-6,9,11,13-17,20-21H2,1-4H3,(H,34,36)/b12-10+/t23-/m0/s1. The number of nitrogens with zero attached hydrogens (tertiary/aromatic N) is 8. The van der Waals surface area contributed by atoms with E-state index in [1.165, 1.54) is 5.56 Å². The summed E-state index contributed by atoms with van der Waals surface area (Å²) in [4.78, 5) is 28.5. The molecule has 3 aliphatic heterocycles. The molecule has 2 fully saturated rings. The van der Waals surface area contributed by atoms with Crippen molar-refractivity contribution in [3.63, 3.8) is 0 Å². The maximum absolute atomic E-state index is 12.8. The van der Waals surface area contributed by atoms with Gasteiger partial charge in [-0.15, -0.1) is 0 Å². The fourth-order valence-electron chi connectivity index (χ4n) is 6.64. The Morgan fingerprint density at radius 1 is 1.16 bits per heavy atom. The maximum atomic E-state index is 12.8. The number of benzene rings is 1. The van der Waals surface area contributed by atoms with Gasteiger partial charge in [0.1, 0.15) is 18.2 Å². The molecule has 6 rings (SSSR count). The van der Waals surface area contributed by atoms with E-state index in [0.717, 1.165) is 65.9 Å². The monoisotopic (exact) mass is 583 g/mol. The van der Waals surface area contributed by atoms with Gasteiger partial charge in [0.2, 0.25) is 11.8 Å². The van der Waals surface area contributed by atoms with E-state index in [1.807, 2.05) is 30.1 Å². The Morgan fingerprint density at radius 2 is 1.98 bits per heavy atom. The van der Waals surface area contributed by atoms with Crippen molar-refractivity contribution in [3.05, 3.63) is 53.0 Å². The second-order valence-electron chi connectivity index (χ2n) is 12.1. The van der Waals surface area contributed by atoms with Gasteiger partial charge in [0.25, 0.3) is 0 Å². The number of amides is 1. The molecule has 1 amide bonds. The number of piperazine rings is 1. The predicted octanol–water partition coefficient (Wildman–Crippen LogP) is 2.90. The van der Waals surface area contributed by atoms with Crippen molar-refractivity contribution in [2.45, 2.75) is 38.8 Å². The summed E-state index contributed by atoms with van der Waals surface area (Å²) < 4.78 is 6.40. The van der Waals surface area contributed by atoms with E-state index in [-0.39, 0.29) is 5.91 Å². The molecule has 11 nitrogen and oxygen atoms in total. The van der Waals surface area contributed by atoms with Crippen LogP contribution in [0.15, 0.2) is 30.6 Å². The summed E-state index contributed by atoms with van der Waals surface area (Å²) in [5.41, 5.74) is 6.86. The summed E-state index contributed by atoms with van der Waals surface area (Å²) in [6.07, 6.45) is 8.29. The first-order chi connectivity index (χ1) is 20.8. The SMILES string of the molecule is Cc1ccc2[nH]ncc2c1N1CCc2c(nc(OC[C@@H]3CCCN3C)c(C#N)c2N2CCN(C(=O)/C=C/N(C)C)CC2)C1. The number of pyridine rings is 1. The van der Waals surface area contributed by atoms with Gasteiger partial charge in [-0.05, 0) is 51.4 Å². The van der Waals surface area contributed by atoms with E-state index in [4.69, 9.17) is 9.72 Å². The molecule has 3 aliphatic rings. The number of ether oxygens (including phenoxy) is 1. The molecule has 226 valence electrons. The third-order valence-corrected chi connectivity index (χ3v) is 9.03. The first-order valence-corrected chi connectivity index (χ1v) is 15.2. The van der Waals surface area contributed by atoms with E-state index in [1.54, 1.807) is 12.3 Å². The lowest BCUT2D eigenvalue weighted by molar-refractivity contribution is -0.126. The van der Waals surface area contributed by atoms with Crippen molar-refractivity contribution < 1.29 is 9.53 Å². The lowest BCUT2D eigenvalue weighted by Crippen LogP contribution is -2.49. The van der Waals surface area contributed by atoms with Crippen LogP contribution in [0, 0.1) is 18.3 Å². The Bertz CT molecular complexity index is 1560. The summed E-state index contributed by atoms with van der Waals surface area (Å²) in [5.74, 6) is 0.429. The first kappa shape index (κ1) is 28.8. The molecule has 1 aromatic carbocycles. The van der Waals surface area contributed by atoms with Gasteiger partial charge < -0.3 is 29.2 Å². The molecule has 3 aromatic rings. The summed E-state index contributed by atoms with van der Waals surface area (Å²) >= 11 is 0. The molecule has 0 saturated carbocycles. The summed E-state index contributed by atoms with van der Waals surface area (Å²) in [6.45, 7) is 7.60. The Labute approximate surface area is 253 Å². The molecule has 0 unspecified atom stereocenters. The number of likely N-dealkylation sites (tertiary alicyclic amines) is 1. The number of nitrogens with one attached hydrogen (secondary N) is 1. The lowest BCUT2D eigenvalue weighted by atomic mass is 9.97. The molecular formula is C32H41N9O2. The number of rotatable bonds is 7. The van der Waals surface area contributed by atoms with Crippen LogP contribution in [0.5, 0.6) is 5.88 Å². The van der Waals surface area contributed by atoms with Gasteiger partial charge in [-0.25, -0.2) is 4.98 Å². The van der Waals surface area contributed by atoms with Crippen LogP contribution in [0.3, 0.4) is 0 Å². The number of likely N-dealkylation sites (N-methyl/N-ethyl adjacent to an activating group) is 1. The number of carbonyl (C=O) groups is 1. The van der Waals surface area contributed by atoms with Crippen molar-refractivity contribution in [3.8, 4) is 11.9 Å². The van der Waals surface area contributed by atoms with Crippen LogP contribution in [0.1, 0.15) is 35.2 Å². The number of aromatic amines is 1. The van der Waals surface area contributed by atoms with Crippen molar-refractivity contribution >= 4 is 28.2 Å². The number of aryl methyl sites for hydroxylation is 1. The van der Waals surface area contributed by atoms with E-state index < -0.39 is 0 Å². The number of hydrogen-bond donors (Lipinski definition) is 1. The minimum atomic E-state index is 0.00903. The van der Waals surface area contributed by atoms with Crippen molar-refractivity contribution in [1.82, 2.24) is 29.9 Å². The van der Waals surface area contributed by atoms with Gasteiger partial charge in [-0.3, -0.25) is 9.89 Å². The third-order valence-electron chi connectivity index (χ3n) is 9.03. The largest absolute Gasteiger partial charge is 0.475 e. The molecule has 11 heteroatoms. The van der Waals surface area contributed by atoms with Crippen LogP contribution in [-0.2, 0) is 17.8 Å². The van der Waals surface area contributed by atoms with Crippen LogP contribution in [-0.4, -0.2) is 109 Å². The average Bonchev–Trinajstić information content (AvgIpc) is 3.66. The fourth-order valence-corrected chi connectivity index (χ4v) is 6.64. The first-order valence-electron chi connectivity index (χ1n) is 15.2. The maximum Gasteiger partial charge on any atom is 0.248 e. The minimum Gasteiger partial charge on any atom is -0.475 e. The van der Waals surface area contributed by atoms with E-state index >= 15 is 0 Å².